The molecule has 0 radical (unpaired) electrons. The fraction of sp³-hybridized carbons (Fsp3) is 0.111. The van der Waals surface area contributed by atoms with Gasteiger partial charge in [0.15, 0.2) is 0 Å². The minimum Gasteiger partial charge on any atom is -0.478 e. The number of carboxylic acids is 2. The average molecular weight is 458 g/mol. The maximum Gasteiger partial charge on any atom is 0.344 e. The summed E-state index contributed by atoms with van der Waals surface area (Å²) in [6.07, 6.45) is 0.0521. The number of allylic oxidation sites excluding steroid dienone is 1. The predicted molar refractivity (Wildman–Crippen MR) is 105 cm³/mol. The van der Waals surface area contributed by atoms with Crippen molar-refractivity contribution in [2.45, 2.75) is 16.6 Å². The van der Waals surface area contributed by atoms with Crippen molar-refractivity contribution in [3.8, 4) is 0 Å². The number of halogens is 2. The molecule has 1 aliphatic heterocycles. The number of benzene rings is 2. The van der Waals surface area contributed by atoms with Crippen LogP contribution in [0.1, 0.15) is 27.6 Å². The van der Waals surface area contributed by atoms with Gasteiger partial charge in [0.25, 0.3) is 10.0 Å². The Labute approximate surface area is 174 Å². The van der Waals surface area contributed by atoms with E-state index in [2.05, 4.69) is 4.72 Å². The molecule has 1 heterocycles. The Bertz CT molecular complexity index is 1130. The predicted octanol–water partition coefficient (Wildman–Crippen LogP) is 3.63. The van der Waals surface area contributed by atoms with Gasteiger partial charge in [-0.3, -0.25) is 4.72 Å². The van der Waals surface area contributed by atoms with Crippen LogP contribution >= 0.6 is 23.4 Å². The molecule has 0 spiro atoms. The lowest BCUT2D eigenvalue weighted by atomic mass is 10.1. The number of aliphatic carboxylic acids is 1. The van der Waals surface area contributed by atoms with Crippen LogP contribution < -0.4 is 4.72 Å². The largest absolute Gasteiger partial charge is 0.478 e. The molecule has 0 fully saturated rings. The topological polar surface area (TPSA) is 121 Å². The van der Waals surface area contributed by atoms with Crippen molar-refractivity contribution in [2.24, 2.45) is 0 Å². The Morgan fingerprint density at radius 3 is 2.38 bits per heavy atom. The molecule has 7 nitrogen and oxygen atoms in total. The van der Waals surface area contributed by atoms with Crippen molar-refractivity contribution in [1.29, 1.82) is 0 Å². The average Bonchev–Trinajstić information content (AvgIpc) is 3.05. The van der Waals surface area contributed by atoms with Gasteiger partial charge in [-0.05, 0) is 17.7 Å². The summed E-state index contributed by atoms with van der Waals surface area (Å²) in [7, 11) is -4.60. The zero-order valence-corrected chi connectivity index (χ0v) is 16.8. The van der Waals surface area contributed by atoms with Crippen molar-refractivity contribution in [1.82, 2.24) is 4.72 Å². The van der Waals surface area contributed by atoms with E-state index in [0.717, 1.165) is 17.3 Å². The van der Waals surface area contributed by atoms with E-state index in [1.807, 2.05) is 0 Å². The summed E-state index contributed by atoms with van der Waals surface area (Å²) in [6.45, 7) is 0. The summed E-state index contributed by atoms with van der Waals surface area (Å²) in [4.78, 5) is 21.6. The molecule has 3 rings (SSSR count). The van der Waals surface area contributed by atoms with Crippen LogP contribution in [-0.4, -0.2) is 30.6 Å². The first kappa shape index (κ1) is 21.2. The SMILES string of the molecule is O=C(O)C1=C(NS(=O)(=O)c2cc(C(=O)O)c(Cl)cc2F)CC(c2ccccc2)S1. The standard InChI is InChI=1S/C18H13ClFNO6S2/c19-11-7-12(20)15(6-10(11)17(22)23)29(26,27)21-13-8-14(28-16(13)18(24)25)9-4-2-1-3-5-9/h1-7,14,21H,8H2,(H,22,23)(H,24,25). The molecule has 11 heteroatoms. The fourth-order valence-corrected chi connectivity index (χ4v) is 5.48. The summed E-state index contributed by atoms with van der Waals surface area (Å²) >= 11 is 6.62. The molecule has 1 atom stereocenters. The van der Waals surface area contributed by atoms with Gasteiger partial charge in [0, 0.05) is 17.4 Å². The number of thioether (sulfide) groups is 1. The molecule has 2 aromatic rings. The maximum absolute atomic E-state index is 14.2. The number of hydrogen-bond donors (Lipinski definition) is 3. The van der Waals surface area contributed by atoms with Crippen LogP contribution in [0, 0.1) is 5.82 Å². The smallest absolute Gasteiger partial charge is 0.344 e. The van der Waals surface area contributed by atoms with Gasteiger partial charge in [-0.15, -0.1) is 11.8 Å². The van der Waals surface area contributed by atoms with Crippen LogP contribution in [0.3, 0.4) is 0 Å². The van der Waals surface area contributed by atoms with Crippen LogP contribution in [0.2, 0.25) is 5.02 Å². The Morgan fingerprint density at radius 1 is 1.14 bits per heavy atom. The van der Waals surface area contributed by atoms with Crippen LogP contribution in [0.25, 0.3) is 0 Å². The van der Waals surface area contributed by atoms with E-state index in [1.165, 1.54) is 0 Å². The minimum atomic E-state index is -4.60. The molecule has 152 valence electrons. The van der Waals surface area contributed by atoms with E-state index >= 15 is 0 Å². The quantitative estimate of drug-likeness (QED) is 0.605. The number of nitrogens with one attached hydrogen (secondary N) is 1. The Balaban J connectivity index is 1.97. The van der Waals surface area contributed by atoms with E-state index in [9.17, 15) is 27.5 Å². The van der Waals surface area contributed by atoms with E-state index in [0.29, 0.717) is 12.1 Å². The van der Waals surface area contributed by atoms with E-state index in [-0.39, 0.29) is 22.3 Å². The van der Waals surface area contributed by atoms with Crippen molar-refractivity contribution >= 4 is 45.3 Å². The Morgan fingerprint density at radius 2 is 1.79 bits per heavy atom. The van der Waals surface area contributed by atoms with Crippen LogP contribution in [0.4, 0.5) is 4.39 Å². The lowest BCUT2D eigenvalue weighted by Gasteiger charge is -2.13. The molecule has 0 amide bonds. The second-order valence-corrected chi connectivity index (χ2v) is 9.28. The highest BCUT2D eigenvalue weighted by atomic mass is 35.5. The number of carboxylic acid groups (broad SMARTS) is 2. The highest BCUT2D eigenvalue weighted by molar-refractivity contribution is 8.04. The van der Waals surface area contributed by atoms with Crippen LogP contribution in [0.15, 0.2) is 58.0 Å². The van der Waals surface area contributed by atoms with Gasteiger partial charge in [0.2, 0.25) is 0 Å². The summed E-state index contributed by atoms with van der Waals surface area (Å²) in [5, 5.41) is 17.7. The number of carbonyl (C=O) groups is 2. The van der Waals surface area contributed by atoms with Gasteiger partial charge in [0.1, 0.15) is 15.6 Å². The first-order valence-electron chi connectivity index (χ1n) is 8.03. The van der Waals surface area contributed by atoms with Gasteiger partial charge in [0.05, 0.1) is 10.6 Å². The second kappa shape index (κ2) is 8.05. The van der Waals surface area contributed by atoms with Crippen molar-refractivity contribution in [3.63, 3.8) is 0 Å². The van der Waals surface area contributed by atoms with Crippen LogP contribution in [0.5, 0.6) is 0 Å². The highest BCUT2D eigenvalue weighted by Gasteiger charge is 2.34. The summed E-state index contributed by atoms with van der Waals surface area (Å²) in [6, 6.07) is 10.1. The zero-order chi connectivity index (χ0) is 21.3. The lowest BCUT2D eigenvalue weighted by molar-refractivity contribution is -0.131. The third-order valence-electron chi connectivity index (χ3n) is 4.09. The summed E-state index contributed by atoms with van der Waals surface area (Å²) in [5.74, 6) is -4.11. The highest BCUT2D eigenvalue weighted by Crippen LogP contribution is 2.47. The van der Waals surface area contributed by atoms with Crippen molar-refractivity contribution in [3.05, 3.63) is 75.0 Å². The van der Waals surface area contributed by atoms with Crippen LogP contribution in [-0.2, 0) is 14.8 Å². The number of hydrogen-bond acceptors (Lipinski definition) is 5. The zero-order valence-electron chi connectivity index (χ0n) is 14.4. The maximum atomic E-state index is 14.2. The lowest BCUT2D eigenvalue weighted by Crippen LogP contribution is -2.25. The monoisotopic (exact) mass is 457 g/mol. The van der Waals surface area contributed by atoms with Gasteiger partial charge in [-0.1, -0.05) is 41.9 Å². The molecule has 29 heavy (non-hydrogen) atoms. The third kappa shape index (κ3) is 4.39. The molecule has 0 saturated carbocycles. The molecule has 0 saturated heterocycles. The fourth-order valence-electron chi connectivity index (χ4n) is 2.77. The first-order chi connectivity index (χ1) is 13.6. The third-order valence-corrected chi connectivity index (χ3v) is 7.19. The van der Waals surface area contributed by atoms with Gasteiger partial charge in [-0.2, -0.15) is 0 Å². The van der Waals surface area contributed by atoms with Gasteiger partial charge >= 0.3 is 11.9 Å². The number of aromatic carboxylic acids is 1. The molecule has 1 unspecified atom stereocenters. The second-order valence-electron chi connectivity index (χ2n) is 6.01. The number of sulfonamides is 1. The van der Waals surface area contributed by atoms with E-state index in [4.69, 9.17) is 16.7 Å². The van der Waals surface area contributed by atoms with Gasteiger partial charge in [-0.25, -0.2) is 22.4 Å². The van der Waals surface area contributed by atoms with Crippen molar-refractivity contribution < 1.29 is 32.6 Å². The normalized spacial score (nSPS) is 16.7. The molecular formula is C18H13ClFNO6S2. The molecule has 0 aliphatic carbocycles. The van der Waals surface area contributed by atoms with Gasteiger partial charge < -0.3 is 10.2 Å². The molecular weight excluding hydrogens is 445 g/mol. The Kier molecular flexibility index (Phi) is 5.87. The summed E-state index contributed by atoms with van der Waals surface area (Å²) < 4.78 is 41.7. The molecule has 3 N–H and O–H groups in total. The number of rotatable bonds is 6. The molecule has 0 aromatic heterocycles. The summed E-state index contributed by atoms with van der Waals surface area (Å²) in [5.41, 5.74) is 0.0997. The van der Waals surface area contributed by atoms with Crippen molar-refractivity contribution in [2.75, 3.05) is 0 Å². The molecule has 2 aromatic carbocycles. The first-order valence-corrected chi connectivity index (χ1v) is 10.8. The minimum absolute atomic E-state index is 0.0521. The molecule has 0 bridgehead atoms. The molecule has 1 aliphatic rings. The van der Waals surface area contributed by atoms with E-state index < -0.39 is 43.3 Å². The van der Waals surface area contributed by atoms with E-state index in [1.54, 1.807) is 30.3 Å². The Hall–Kier alpha value is -2.56.